The lowest BCUT2D eigenvalue weighted by Crippen LogP contribution is -2.51. The van der Waals surface area contributed by atoms with Gasteiger partial charge in [-0.15, -0.1) is 0 Å². The van der Waals surface area contributed by atoms with E-state index in [2.05, 4.69) is 4.72 Å². The number of carbonyl (C=O) groups excluding carboxylic acids is 1. The van der Waals surface area contributed by atoms with Gasteiger partial charge in [0.1, 0.15) is 35.2 Å². The van der Waals surface area contributed by atoms with Crippen molar-refractivity contribution >= 4 is 22.0 Å². The lowest BCUT2D eigenvalue weighted by atomic mass is 9.99. The van der Waals surface area contributed by atoms with Gasteiger partial charge < -0.3 is 19.3 Å². The van der Waals surface area contributed by atoms with E-state index in [0.717, 1.165) is 11.8 Å². The van der Waals surface area contributed by atoms with Gasteiger partial charge in [-0.2, -0.15) is 0 Å². The van der Waals surface area contributed by atoms with Crippen LogP contribution >= 0.6 is 0 Å². The summed E-state index contributed by atoms with van der Waals surface area (Å²) in [6.07, 6.45) is 0.0191. The highest BCUT2D eigenvalue weighted by atomic mass is 32.3. The minimum absolute atomic E-state index is 0.0817. The Labute approximate surface area is 163 Å². The zero-order valence-corrected chi connectivity index (χ0v) is 16.0. The number of hydrogen-bond donors (Lipinski definition) is 2. The SMILES string of the molecule is C[S+](=O)([O-])Nc1ccc(C(O)[C@H]2COCC(=O)N2Cc2ccc(F)cc2)cc1. The highest BCUT2D eigenvalue weighted by molar-refractivity contribution is 7.98. The molecule has 0 radical (unpaired) electrons. The molecule has 2 unspecified atom stereocenters. The molecule has 3 rings (SSSR count). The molecule has 150 valence electrons. The molecule has 0 spiro atoms. The first-order valence-electron chi connectivity index (χ1n) is 8.60. The van der Waals surface area contributed by atoms with Crippen LogP contribution < -0.4 is 4.72 Å². The van der Waals surface area contributed by atoms with Crippen molar-refractivity contribution in [2.75, 3.05) is 24.2 Å². The van der Waals surface area contributed by atoms with E-state index in [-0.39, 0.29) is 31.5 Å². The maximum Gasteiger partial charge on any atom is 0.249 e. The number of sulfonamides is 1. The number of aliphatic hydroxyl groups excluding tert-OH is 1. The van der Waals surface area contributed by atoms with Gasteiger partial charge in [-0.1, -0.05) is 28.5 Å². The standard InChI is InChI=1S/C19H21FN2O5S/c1-28(25,26)21-16-8-4-14(5-9-16)19(24)17-11-27-12-18(23)22(17)10-13-2-6-15(20)7-3-13/h2-9,17,19,24H,10-12H2,1H3,(H-,21,25,26)/t17-,19?/m1/s1. The van der Waals surface area contributed by atoms with Crippen molar-refractivity contribution in [3.8, 4) is 0 Å². The Balaban J connectivity index is 1.77. The van der Waals surface area contributed by atoms with Crippen LogP contribution in [0, 0.1) is 5.82 Å². The molecule has 1 aliphatic heterocycles. The predicted octanol–water partition coefficient (Wildman–Crippen LogP) is 1.87. The van der Waals surface area contributed by atoms with Crippen LogP contribution in [0.1, 0.15) is 17.2 Å². The Morgan fingerprint density at radius 3 is 2.54 bits per heavy atom. The van der Waals surface area contributed by atoms with Crippen molar-refractivity contribution in [2.24, 2.45) is 0 Å². The molecule has 1 fully saturated rings. The number of rotatable bonds is 6. The number of nitrogens with zero attached hydrogens (tertiary/aromatic N) is 1. The van der Waals surface area contributed by atoms with Gasteiger partial charge in [-0.3, -0.25) is 4.79 Å². The van der Waals surface area contributed by atoms with Crippen LogP contribution in [0.3, 0.4) is 0 Å². The molecule has 0 saturated carbocycles. The number of carbonyl (C=O) groups is 1. The first-order valence-corrected chi connectivity index (χ1v) is 10.5. The Hall–Kier alpha value is -2.33. The first-order chi connectivity index (χ1) is 13.2. The molecule has 9 heteroatoms. The summed E-state index contributed by atoms with van der Waals surface area (Å²) in [5.41, 5.74) is 1.63. The predicted molar refractivity (Wildman–Crippen MR) is 101 cm³/mol. The quantitative estimate of drug-likeness (QED) is 0.711. The molecule has 2 aromatic rings. The minimum atomic E-state index is -3.40. The zero-order chi connectivity index (χ0) is 20.3. The van der Waals surface area contributed by atoms with Gasteiger partial charge in [0.15, 0.2) is 0 Å². The molecule has 28 heavy (non-hydrogen) atoms. The highest BCUT2D eigenvalue weighted by Crippen LogP contribution is 2.27. The maximum absolute atomic E-state index is 13.1. The molecule has 3 atom stereocenters. The second kappa shape index (κ2) is 8.36. The second-order valence-electron chi connectivity index (χ2n) is 6.67. The van der Waals surface area contributed by atoms with Crippen LogP contribution in [-0.4, -0.2) is 46.0 Å². The number of halogens is 1. The van der Waals surface area contributed by atoms with Gasteiger partial charge >= 0.3 is 0 Å². The molecule has 1 aliphatic rings. The molecule has 2 N–H and O–H groups in total. The molecule has 1 amide bonds. The van der Waals surface area contributed by atoms with E-state index in [4.69, 9.17) is 4.74 Å². The van der Waals surface area contributed by atoms with E-state index < -0.39 is 22.5 Å². The first kappa shape index (κ1) is 20.4. The molecule has 0 bridgehead atoms. The molecule has 7 nitrogen and oxygen atoms in total. The lowest BCUT2D eigenvalue weighted by Gasteiger charge is -2.38. The Bertz CT molecular complexity index is 869. The van der Waals surface area contributed by atoms with E-state index in [1.807, 2.05) is 0 Å². The van der Waals surface area contributed by atoms with Crippen molar-refractivity contribution in [3.63, 3.8) is 0 Å². The molecule has 1 saturated heterocycles. The van der Waals surface area contributed by atoms with Crippen LogP contribution in [0.5, 0.6) is 0 Å². The van der Waals surface area contributed by atoms with Crippen LogP contribution in [0.15, 0.2) is 48.5 Å². The smallest absolute Gasteiger partial charge is 0.249 e. The van der Waals surface area contributed by atoms with E-state index in [0.29, 0.717) is 11.3 Å². The fraction of sp³-hybridized carbons (Fsp3) is 0.316. The summed E-state index contributed by atoms with van der Waals surface area (Å²) in [6.45, 7) is 0.289. The van der Waals surface area contributed by atoms with E-state index in [1.54, 1.807) is 24.3 Å². The van der Waals surface area contributed by atoms with Crippen LogP contribution in [-0.2, 0) is 30.7 Å². The van der Waals surface area contributed by atoms with Gasteiger partial charge in [-0.25, -0.2) is 9.11 Å². The number of aliphatic hydroxyl groups is 1. The van der Waals surface area contributed by atoms with Gasteiger partial charge in [0.25, 0.3) is 0 Å². The van der Waals surface area contributed by atoms with Gasteiger partial charge in [-0.05, 0) is 35.4 Å². The number of ether oxygens (including phenoxy) is 1. The number of morpholine rings is 1. The molecular weight excluding hydrogens is 387 g/mol. The van der Waals surface area contributed by atoms with Crippen molar-refractivity contribution in [1.82, 2.24) is 4.90 Å². The number of benzene rings is 2. The maximum atomic E-state index is 13.1. The molecule has 2 aromatic carbocycles. The number of hydrogen-bond acceptors (Lipinski definition) is 5. The lowest BCUT2D eigenvalue weighted by molar-refractivity contribution is -0.155. The molecule has 0 aliphatic carbocycles. The Morgan fingerprint density at radius 2 is 1.93 bits per heavy atom. The fourth-order valence-corrected chi connectivity index (χ4v) is 3.63. The Morgan fingerprint density at radius 1 is 1.29 bits per heavy atom. The summed E-state index contributed by atoms with van der Waals surface area (Å²) >= 11 is 0. The number of nitrogens with one attached hydrogen (secondary N) is 1. The second-order valence-corrected chi connectivity index (χ2v) is 8.42. The third kappa shape index (κ3) is 5.14. The average Bonchev–Trinajstić information content (AvgIpc) is 2.64. The summed E-state index contributed by atoms with van der Waals surface area (Å²) in [5.74, 6) is -0.633. The Kier molecular flexibility index (Phi) is 6.09. The molecule has 1 heterocycles. The molecule has 0 aromatic heterocycles. The topological polar surface area (TPSA) is 102 Å². The minimum Gasteiger partial charge on any atom is -0.593 e. The average molecular weight is 408 g/mol. The van der Waals surface area contributed by atoms with Crippen LogP contribution in [0.4, 0.5) is 10.1 Å². The number of amides is 1. The summed E-state index contributed by atoms with van der Waals surface area (Å²) in [4.78, 5) is 13.9. The van der Waals surface area contributed by atoms with Crippen molar-refractivity contribution in [2.45, 2.75) is 18.7 Å². The summed E-state index contributed by atoms with van der Waals surface area (Å²) in [5, 5.41) is 10.8. The third-order valence-electron chi connectivity index (χ3n) is 4.42. The van der Waals surface area contributed by atoms with E-state index in [9.17, 15) is 23.1 Å². The third-order valence-corrected chi connectivity index (χ3v) is 5.03. The summed E-state index contributed by atoms with van der Waals surface area (Å²) in [7, 11) is -3.40. The zero-order valence-electron chi connectivity index (χ0n) is 15.2. The van der Waals surface area contributed by atoms with Gasteiger partial charge in [0, 0.05) is 6.54 Å². The van der Waals surface area contributed by atoms with E-state index in [1.165, 1.54) is 29.2 Å². The summed E-state index contributed by atoms with van der Waals surface area (Å²) < 4.78 is 43.4. The number of anilines is 1. The van der Waals surface area contributed by atoms with Crippen LogP contribution in [0.2, 0.25) is 0 Å². The van der Waals surface area contributed by atoms with Gasteiger partial charge in [0.05, 0.1) is 18.3 Å². The fourth-order valence-electron chi connectivity index (χ4n) is 3.06. The van der Waals surface area contributed by atoms with Crippen molar-refractivity contribution in [1.29, 1.82) is 0 Å². The highest BCUT2D eigenvalue weighted by Gasteiger charge is 2.34. The van der Waals surface area contributed by atoms with Crippen molar-refractivity contribution in [3.05, 3.63) is 65.5 Å². The van der Waals surface area contributed by atoms with E-state index >= 15 is 0 Å². The van der Waals surface area contributed by atoms with Crippen molar-refractivity contribution < 1.29 is 27.8 Å². The monoisotopic (exact) mass is 408 g/mol. The van der Waals surface area contributed by atoms with Gasteiger partial charge in [0.2, 0.25) is 5.91 Å². The largest absolute Gasteiger partial charge is 0.593 e. The molecular formula is C19H21FN2O5S. The normalized spacial score (nSPS) is 20.5. The van der Waals surface area contributed by atoms with Crippen LogP contribution in [0.25, 0.3) is 0 Å². The summed E-state index contributed by atoms with van der Waals surface area (Å²) in [6, 6.07) is 11.4.